The lowest BCUT2D eigenvalue weighted by atomic mass is 10.00. The van der Waals surface area contributed by atoms with Crippen molar-refractivity contribution in [1.82, 2.24) is 0 Å². The van der Waals surface area contributed by atoms with Crippen molar-refractivity contribution in [2.75, 3.05) is 7.11 Å². The molecule has 0 radical (unpaired) electrons. The molecule has 0 aliphatic heterocycles. The van der Waals surface area contributed by atoms with Gasteiger partial charge in [-0.25, -0.2) is 0 Å². The first-order chi connectivity index (χ1) is 8.22. The molecule has 0 bridgehead atoms. The largest absolute Gasteiger partial charge is 0.497 e. The highest BCUT2D eigenvalue weighted by molar-refractivity contribution is 5.99. The minimum absolute atomic E-state index is 0.200. The highest BCUT2D eigenvalue weighted by Gasteiger charge is 2.09. The molecule has 1 rings (SSSR count). The van der Waals surface area contributed by atoms with Gasteiger partial charge < -0.3 is 4.74 Å². The highest BCUT2D eigenvalue weighted by Crippen LogP contribution is 2.21. The number of hydrogen-bond donors (Lipinski definition) is 0. The van der Waals surface area contributed by atoms with E-state index in [0.29, 0.717) is 6.42 Å². The lowest BCUT2D eigenvalue weighted by molar-refractivity contribution is 0.0981. The van der Waals surface area contributed by atoms with E-state index >= 15 is 0 Å². The third kappa shape index (κ3) is 3.74. The lowest BCUT2D eigenvalue weighted by Gasteiger charge is -2.07. The van der Waals surface area contributed by atoms with Crippen LogP contribution < -0.4 is 4.74 Å². The predicted octanol–water partition coefficient (Wildman–Crippen LogP) is 4.10. The number of allylic oxidation sites excluding steroid dienone is 1. The molecule has 1 aromatic carbocycles. The number of methoxy groups -OCH3 is 1. The van der Waals surface area contributed by atoms with E-state index in [-0.39, 0.29) is 5.78 Å². The summed E-state index contributed by atoms with van der Waals surface area (Å²) >= 11 is 0. The molecule has 0 amide bonds. The van der Waals surface area contributed by atoms with Crippen molar-refractivity contribution in [2.24, 2.45) is 0 Å². The first-order valence-corrected chi connectivity index (χ1v) is 6.10. The summed E-state index contributed by atoms with van der Waals surface area (Å²) in [7, 11) is 1.64. The van der Waals surface area contributed by atoms with Crippen molar-refractivity contribution in [2.45, 2.75) is 33.1 Å². The molecule has 92 valence electrons. The zero-order valence-corrected chi connectivity index (χ0v) is 10.8. The number of carbonyl (C=O) groups excluding carboxylic acids is 1. The Balaban J connectivity index is 3.10. The van der Waals surface area contributed by atoms with Crippen LogP contribution in [0.5, 0.6) is 5.75 Å². The fraction of sp³-hybridized carbons (Fsp3) is 0.400. The minimum atomic E-state index is 0.200. The average Bonchev–Trinajstić information content (AvgIpc) is 2.36. The van der Waals surface area contributed by atoms with Crippen molar-refractivity contribution < 1.29 is 9.53 Å². The standard InChI is InChI=1S/C15H20O2/c1-4-6-8-12-11-13(17-3)9-10-14(12)15(16)7-5-2/h6,8-11H,4-5,7H2,1-3H3/b8-6+. The van der Waals surface area contributed by atoms with Gasteiger partial charge in [0.25, 0.3) is 0 Å². The monoisotopic (exact) mass is 232 g/mol. The molecule has 0 aromatic heterocycles. The summed E-state index contributed by atoms with van der Waals surface area (Å²) in [6.45, 7) is 4.09. The van der Waals surface area contributed by atoms with Gasteiger partial charge in [0, 0.05) is 12.0 Å². The first-order valence-electron chi connectivity index (χ1n) is 6.10. The third-order valence-electron chi connectivity index (χ3n) is 2.57. The van der Waals surface area contributed by atoms with E-state index < -0.39 is 0 Å². The predicted molar refractivity (Wildman–Crippen MR) is 71.6 cm³/mol. The maximum absolute atomic E-state index is 12.0. The van der Waals surface area contributed by atoms with Crippen molar-refractivity contribution >= 4 is 11.9 Å². The summed E-state index contributed by atoms with van der Waals surface area (Å²) in [6.07, 6.45) is 6.47. The van der Waals surface area contributed by atoms with E-state index in [1.54, 1.807) is 7.11 Å². The SMILES string of the molecule is CC/C=C/c1cc(OC)ccc1C(=O)CCC. The van der Waals surface area contributed by atoms with Crippen molar-refractivity contribution in [3.63, 3.8) is 0 Å². The summed E-state index contributed by atoms with van der Waals surface area (Å²) in [5.41, 5.74) is 1.74. The number of rotatable bonds is 6. The van der Waals surface area contributed by atoms with Crippen molar-refractivity contribution in [1.29, 1.82) is 0 Å². The maximum atomic E-state index is 12.0. The van der Waals surface area contributed by atoms with Gasteiger partial charge in [-0.05, 0) is 36.6 Å². The topological polar surface area (TPSA) is 26.3 Å². The van der Waals surface area contributed by atoms with Crippen LogP contribution >= 0.6 is 0 Å². The Morgan fingerprint density at radius 1 is 1.35 bits per heavy atom. The Morgan fingerprint density at radius 2 is 2.12 bits per heavy atom. The second-order valence-corrected chi connectivity index (χ2v) is 3.94. The molecule has 0 aliphatic carbocycles. The Labute approximate surface area is 103 Å². The zero-order chi connectivity index (χ0) is 12.7. The quantitative estimate of drug-likeness (QED) is 0.690. The highest BCUT2D eigenvalue weighted by atomic mass is 16.5. The molecule has 0 N–H and O–H groups in total. The van der Waals surface area contributed by atoms with Crippen molar-refractivity contribution in [3.05, 3.63) is 35.4 Å². The lowest BCUT2D eigenvalue weighted by Crippen LogP contribution is -2.01. The van der Waals surface area contributed by atoms with Gasteiger partial charge in [-0.3, -0.25) is 4.79 Å². The van der Waals surface area contributed by atoms with Gasteiger partial charge in [0.1, 0.15) is 5.75 Å². The maximum Gasteiger partial charge on any atom is 0.163 e. The number of hydrogen-bond acceptors (Lipinski definition) is 2. The van der Waals surface area contributed by atoms with Gasteiger partial charge in [0.2, 0.25) is 0 Å². The van der Waals surface area contributed by atoms with Crippen LogP contribution in [-0.2, 0) is 0 Å². The fourth-order valence-electron chi connectivity index (χ4n) is 1.67. The summed E-state index contributed by atoms with van der Waals surface area (Å²) in [4.78, 5) is 12.0. The second-order valence-electron chi connectivity index (χ2n) is 3.94. The van der Waals surface area contributed by atoms with Gasteiger partial charge in [0.05, 0.1) is 7.11 Å². The van der Waals surface area contributed by atoms with E-state index in [4.69, 9.17) is 4.74 Å². The van der Waals surface area contributed by atoms with Gasteiger partial charge in [-0.2, -0.15) is 0 Å². The van der Waals surface area contributed by atoms with E-state index in [0.717, 1.165) is 29.7 Å². The number of carbonyl (C=O) groups is 1. The van der Waals surface area contributed by atoms with Gasteiger partial charge >= 0.3 is 0 Å². The molecule has 0 aliphatic rings. The fourth-order valence-corrected chi connectivity index (χ4v) is 1.67. The van der Waals surface area contributed by atoms with Crippen LogP contribution in [0.15, 0.2) is 24.3 Å². The van der Waals surface area contributed by atoms with Crippen LogP contribution in [0.25, 0.3) is 6.08 Å². The summed E-state index contributed by atoms with van der Waals surface area (Å²) in [6, 6.07) is 5.60. The molecular weight excluding hydrogens is 212 g/mol. The van der Waals surface area contributed by atoms with E-state index in [1.807, 2.05) is 31.2 Å². The Bertz CT molecular complexity index is 405. The Kier molecular flexibility index (Phi) is 5.47. The van der Waals surface area contributed by atoms with E-state index in [9.17, 15) is 4.79 Å². The molecule has 0 spiro atoms. The van der Waals surface area contributed by atoms with Gasteiger partial charge in [-0.15, -0.1) is 0 Å². The van der Waals surface area contributed by atoms with E-state index in [2.05, 4.69) is 13.0 Å². The van der Waals surface area contributed by atoms with Gasteiger partial charge in [0.15, 0.2) is 5.78 Å². The molecule has 2 heteroatoms. The molecule has 0 saturated heterocycles. The molecule has 0 atom stereocenters. The number of ether oxygens (including phenoxy) is 1. The molecule has 0 saturated carbocycles. The first kappa shape index (κ1) is 13.5. The van der Waals surface area contributed by atoms with Crippen LogP contribution in [0.3, 0.4) is 0 Å². The molecule has 0 fully saturated rings. The zero-order valence-electron chi connectivity index (χ0n) is 10.8. The Morgan fingerprint density at radius 3 is 2.71 bits per heavy atom. The summed E-state index contributed by atoms with van der Waals surface area (Å²) < 4.78 is 5.18. The number of benzene rings is 1. The van der Waals surface area contributed by atoms with E-state index in [1.165, 1.54) is 0 Å². The average molecular weight is 232 g/mol. The van der Waals surface area contributed by atoms with Crippen molar-refractivity contribution in [3.8, 4) is 5.75 Å². The normalized spacial score (nSPS) is 10.8. The number of Topliss-reactive ketones (excluding diaryl/α,β-unsaturated/α-hetero) is 1. The molecule has 17 heavy (non-hydrogen) atoms. The molecule has 2 nitrogen and oxygen atoms in total. The van der Waals surface area contributed by atoms with Crippen LogP contribution in [0.4, 0.5) is 0 Å². The van der Waals surface area contributed by atoms with Crippen LogP contribution in [0.2, 0.25) is 0 Å². The summed E-state index contributed by atoms with van der Waals surface area (Å²) in [5.74, 6) is 0.986. The van der Waals surface area contributed by atoms with Crippen LogP contribution in [0, 0.1) is 0 Å². The molecule has 0 heterocycles. The van der Waals surface area contributed by atoms with Gasteiger partial charge in [-0.1, -0.05) is 26.0 Å². The smallest absolute Gasteiger partial charge is 0.163 e. The number of ketones is 1. The van der Waals surface area contributed by atoms with Crippen LogP contribution in [0.1, 0.15) is 49.0 Å². The summed E-state index contributed by atoms with van der Waals surface area (Å²) in [5, 5.41) is 0. The minimum Gasteiger partial charge on any atom is -0.497 e. The van der Waals surface area contributed by atoms with Crippen LogP contribution in [-0.4, -0.2) is 12.9 Å². The molecule has 1 aromatic rings. The second kappa shape index (κ2) is 6.89. The molecular formula is C15H20O2. The Hall–Kier alpha value is -1.57. The third-order valence-corrected chi connectivity index (χ3v) is 2.57. The molecule has 0 unspecified atom stereocenters.